The molecule has 0 saturated carbocycles. The fourth-order valence-corrected chi connectivity index (χ4v) is 0. The van der Waals surface area contributed by atoms with E-state index < -0.39 is 0 Å². The molecule has 0 rings (SSSR count). The van der Waals surface area contributed by atoms with Crippen molar-refractivity contribution in [2.45, 2.75) is 0 Å². The van der Waals surface area contributed by atoms with E-state index in [0.29, 0.717) is 0 Å². The van der Waals surface area contributed by atoms with E-state index in [1.807, 2.05) is 0 Å². The van der Waals surface area contributed by atoms with E-state index in [0.717, 1.165) is 0 Å². The summed E-state index contributed by atoms with van der Waals surface area (Å²) in [5.74, 6) is 0. The number of rotatable bonds is 0. The summed E-state index contributed by atoms with van der Waals surface area (Å²) in [7, 11) is 4.67. The van der Waals surface area contributed by atoms with Gasteiger partial charge >= 0.3 is 27.2 Å². The third-order valence-corrected chi connectivity index (χ3v) is 0. The normalized spacial score (nSPS) is 0.857. The molecule has 0 spiro atoms. The van der Waals surface area contributed by atoms with Gasteiger partial charge in [0.15, 0.2) is 0 Å². The van der Waals surface area contributed by atoms with Gasteiger partial charge in [0, 0.05) is 0 Å². The second-order valence-electron chi connectivity index (χ2n) is 0. The van der Waals surface area contributed by atoms with E-state index in [4.69, 9.17) is 0 Å². The Balaban J connectivity index is -0.000000000500. The smallest absolute Gasteiger partial charge is 0.693 e. The first-order valence-electron chi connectivity index (χ1n) is 0.134. The summed E-state index contributed by atoms with van der Waals surface area (Å²) in [6, 6.07) is 0. The average Bonchev–Trinajstić information content (AvgIpc) is 1.00. The van der Waals surface area contributed by atoms with Crippen molar-refractivity contribution in [3.05, 3.63) is 30.8 Å². The first-order valence-corrected chi connectivity index (χ1v) is 3.28. The Bertz CT molecular complexity index is 8.04. The molecule has 0 aromatic carbocycles. The molecular weight excluding hydrogens is 296 g/mol. The Hall–Kier alpha value is 0.726. The van der Waals surface area contributed by atoms with Gasteiger partial charge in [-0.15, -0.1) is 0 Å². The minimum absolute atomic E-state index is 0. The van der Waals surface area contributed by atoms with Crippen LogP contribution in [0.2, 0.25) is 0 Å². The molecule has 55 valence electrons. The maximum Gasteiger partial charge on any atom is -0.693 e. The molecule has 0 aliphatic carbocycles. The molecule has 0 fully saturated rings. The second-order valence-corrected chi connectivity index (χ2v) is 0. The molecule has 5 nitrogen and oxygen atoms in total. The minimum Gasteiger partial charge on any atom is -0.693 e. The Kier molecular flexibility index (Phi) is 7000. The summed E-state index contributed by atoms with van der Waals surface area (Å²) in [5.41, 5.74) is 0. The van der Waals surface area contributed by atoms with Crippen LogP contribution in [0.25, 0.3) is 30.8 Å². The van der Waals surface area contributed by atoms with Gasteiger partial charge < -0.3 is 30.8 Å². The molecule has 0 unspecified atom stereocenters. The zero-order valence-corrected chi connectivity index (χ0v) is 6.91. The van der Waals surface area contributed by atoms with Crippen LogP contribution in [-0.2, 0) is 17.6 Å². The molecular formula is H10ClN5Os-5. The molecule has 0 bridgehead atoms. The van der Waals surface area contributed by atoms with Crippen LogP contribution in [0.15, 0.2) is 0 Å². The van der Waals surface area contributed by atoms with E-state index in [1.54, 1.807) is 0 Å². The molecule has 7 heavy (non-hydrogen) atoms. The van der Waals surface area contributed by atoms with Gasteiger partial charge in [0.2, 0.25) is 0 Å². The Morgan fingerprint density at radius 1 is 0.571 bits per heavy atom. The summed E-state index contributed by atoms with van der Waals surface area (Å²) in [4.78, 5) is 0. The zero-order valence-electron chi connectivity index (χ0n) is 3.62. The van der Waals surface area contributed by atoms with Crippen LogP contribution < -0.4 is 0 Å². The molecule has 10 N–H and O–H groups in total. The van der Waals surface area contributed by atoms with Crippen molar-refractivity contribution in [1.82, 2.24) is 0 Å². The number of hydrogen-bond donors (Lipinski definition) is 0. The second kappa shape index (κ2) is 418. The quantitative estimate of drug-likeness (QED) is 0.623. The zero-order chi connectivity index (χ0) is 2.00. The van der Waals surface area contributed by atoms with E-state index in [9.17, 15) is 0 Å². The van der Waals surface area contributed by atoms with Gasteiger partial charge in [-0.3, -0.25) is 0 Å². The van der Waals surface area contributed by atoms with Crippen LogP contribution in [0.4, 0.5) is 0 Å². The Labute approximate surface area is 58.4 Å². The first kappa shape index (κ1) is 117. The maximum atomic E-state index is 4.67. The van der Waals surface area contributed by atoms with E-state index in [-0.39, 0.29) is 30.8 Å². The van der Waals surface area contributed by atoms with Gasteiger partial charge in [-0.1, -0.05) is 0 Å². The first-order chi connectivity index (χ1) is 1.00. The molecule has 0 saturated heterocycles. The van der Waals surface area contributed by atoms with Gasteiger partial charge in [-0.05, 0) is 0 Å². The molecule has 0 heterocycles. The van der Waals surface area contributed by atoms with Crippen LogP contribution in [0, 0.1) is 0 Å². The fraction of sp³-hybridized carbons (Fsp3) is 0. The summed E-state index contributed by atoms with van der Waals surface area (Å²) < 4.78 is 0. The summed E-state index contributed by atoms with van der Waals surface area (Å²) in [6.07, 6.45) is 0. The standard InChI is InChI=1S/ClH.5H2N.Os/h1H;5*1H2;/q;5*-1;+1/p-1. The predicted molar refractivity (Wildman–Crippen MR) is 32.3 cm³/mol. The van der Waals surface area contributed by atoms with E-state index in [2.05, 4.69) is 9.64 Å². The maximum absolute atomic E-state index is 4.67. The summed E-state index contributed by atoms with van der Waals surface area (Å²) in [6.45, 7) is 0. The van der Waals surface area contributed by atoms with E-state index in [1.165, 1.54) is 17.6 Å². The molecule has 0 radical (unpaired) electrons. The van der Waals surface area contributed by atoms with Crippen LogP contribution in [-0.4, -0.2) is 0 Å². The van der Waals surface area contributed by atoms with Gasteiger partial charge in [0.05, 0.1) is 0 Å². The molecule has 0 amide bonds. The molecule has 0 aliphatic heterocycles. The number of hydrogen-bond acceptors (Lipinski definition) is 0. The third-order valence-electron chi connectivity index (χ3n) is 0. The van der Waals surface area contributed by atoms with Crippen molar-refractivity contribution >= 4 is 9.64 Å². The van der Waals surface area contributed by atoms with Crippen molar-refractivity contribution in [1.29, 1.82) is 0 Å². The Morgan fingerprint density at radius 3 is 0.571 bits per heavy atom. The predicted octanol–water partition coefficient (Wildman–Crippen LogP) is 4.27. The van der Waals surface area contributed by atoms with Gasteiger partial charge in [0.25, 0.3) is 0 Å². The monoisotopic (exact) mass is 307 g/mol. The average molecular weight is 306 g/mol. The molecule has 0 aromatic rings. The van der Waals surface area contributed by atoms with Crippen molar-refractivity contribution < 1.29 is 17.6 Å². The van der Waals surface area contributed by atoms with Crippen LogP contribution in [0.3, 0.4) is 0 Å². The molecule has 0 atom stereocenters. The van der Waals surface area contributed by atoms with Crippen LogP contribution in [0.5, 0.6) is 0 Å². The number of nitrogens with two attached hydrogens (primary N) is 5. The Morgan fingerprint density at radius 2 is 0.571 bits per heavy atom. The molecule has 0 aromatic heterocycles. The van der Waals surface area contributed by atoms with Crippen LogP contribution >= 0.6 is 9.64 Å². The SMILES string of the molecule is [Cl][Os].[NH2-].[NH2-].[NH2-].[NH2-].[NH2-]. The summed E-state index contributed by atoms with van der Waals surface area (Å²) in [5, 5.41) is 0. The minimum atomic E-state index is 0. The van der Waals surface area contributed by atoms with Crippen molar-refractivity contribution in [2.24, 2.45) is 0 Å². The third kappa shape index (κ3) is 285. The van der Waals surface area contributed by atoms with Gasteiger partial charge in [-0.2, -0.15) is 0 Å². The summed E-state index contributed by atoms with van der Waals surface area (Å²) >= 11 is 1.33. The van der Waals surface area contributed by atoms with Gasteiger partial charge in [-0.25, -0.2) is 0 Å². The largest absolute Gasteiger partial charge is 0.693 e. The van der Waals surface area contributed by atoms with Crippen molar-refractivity contribution in [3.63, 3.8) is 0 Å². The fourth-order valence-electron chi connectivity index (χ4n) is 0. The molecule has 0 aliphatic rings. The topological polar surface area (TPSA) is 168 Å². The van der Waals surface area contributed by atoms with Crippen molar-refractivity contribution in [3.8, 4) is 0 Å². The van der Waals surface area contributed by atoms with Crippen LogP contribution in [0.1, 0.15) is 0 Å². The van der Waals surface area contributed by atoms with Crippen molar-refractivity contribution in [2.75, 3.05) is 0 Å². The van der Waals surface area contributed by atoms with Gasteiger partial charge in [0.1, 0.15) is 0 Å². The number of halogens is 1. The molecule has 7 heteroatoms. The van der Waals surface area contributed by atoms with E-state index >= 15 is 0 Å².